The van der Waals surface area contributed by atoms with Crippen LogP contribution >= 0.6 is 11.6 Å². The molecule has 1 aromatic carbocycles. The molecular formula is C16H22ClN5. The number of nitrogens with zero attached hydrogens (tertiary/aromatic N) is 3. The Bertz CT molecular complexity index is 601. The van der Waals surface area contributed by atoms with E-state index in [4.69, 9.17) is 11.6 Å². The Morgan fingerprint density at radius 2 is 1.73 bits per heavy atom. The molecule has 2 rings (SSSR count). The van der Waals surface area contributed by atoms with Gasteiger partial charge in [-0.1, -0.05) is 43.7 Å². The van der Waals surface area contributed by atoms with Gasteiger partial charge in [0.1, 0.15) is 0 Å². The molecule has 0 aliphatic rings. The quantitative estimate of drug-likeness (QED) is 0.753. The van der Waals surface area contributed by atoms with Gasteiger partial charge in [0.05, 0.1) is 5.54 Å². The van der Waals surface area contributed by atoms with E-state index in [1.807, 2.05) is 18.2 Å². The largest absolute Gasteiger partial charge is 0.354 e. The van der Waals surface area contributed by atoms with Crippen molar-refractivity contribution in [3.63, 3.8) is 0 Å². The van der Waals surface area contributed by atoms with Gasteiger partial charge in [0.2, 0.25) is 17.2 Å². The molecule has 0 radical (unpaired) electrons. The van der Waals surface area contributed by atoms with E-state index in [0.29, 0.717) is 11.9 Å². The van der Waals surface area contributed by atoms with E-state index in [1.54, 1.807) is 0 Å². The molecule has 1 aromatic heterocycles. The lowest BCUT2D eigenvalue weighted by atomic mass is 9.95. The van der Waals surface area contributed by atoms with Gasteiger partial charge in [-0.2, -0.15) is 15.0 Å². The summed E-state index contributed by atoms with van der Waals surface area (Å²) in [6.45, 7) is 7.10. The number of hydrogen-bond donors (Lipinski definition) is 2. The topological polar surface area (TPSA) is 62.7 Å². The second-order valence-corrected chi connectivity index (χ2v) is 5.99. The Hall–Kier alpha value is -1.88. The molecule has 5 nitrogen and oxygen atoms in total. The molecule has 0 aliphatic carbocycles. The summed E-state index contributed by atoms with van der Waals surface area (Å²) in [4.78, 5) is 12.7. The molecule has 0 fully saturated rings. The number of rotatable bonds is 7. The molecule has 0 aliphatic heterocycles. The van der Waals surface area contributed by atoms with Crippen LogP contribution in [0.5, 0.6) is 0 Å². The van der Waals surface area contributed by atoms with Gasteiger partial charge in [-0.25, -0.2) is 0 Å². The van der Waals surface area contributed by atoms with Crippen molar-refractivity contribution in [1.82, 2.24) is 15.0 Å². The van der Waals surface area contributed by atoms with E-state index in [1.165, 1.54) is 0 Å². The van der Waals surface area contributed by atoms with Gasteiger partial charge in [-0.05, 0) is 37.4 Å². The van der Waals surface area contributed by atoms with Gasteiger partial charge in [-0.3, -0.25) is 0 Å². The summed E-state index contributed by atoms with van der Waals surface area (Å²) in [6.07, 6.45) is 2.17. The molecule has 0 unspecified atom stereocenters. The second-order valence-electron chi connectivity index (χ2n) is 5.65. The number of benzene rings is 1. The zero-order valence-corrected chi connectivity index (χ0v) is 14.0. The van der Waals surface area contributed by atoms with Crippen LogP contribution in [0.1, 0.15) is 39.2 Å². The summed E-state index contributed by atoms with van der Waals surface area (Å²) in [5.74, 6) is 0.965. The third kappa shape index (κ3) is 4.56. The maximum absolute atomic E-state index is 6.00. The minimum absolute atomic E-state index is 0.181. The highest BCUT2D eigenvalue weighted by Gasteiger charge is 2.21. The molecule has 0 spiro atoms. The van der Waals surface area contributed by atoms with E-state index in [2.05, 4.69) is 58.5 Å². The standard InChI is InChI=1S/C16H22ClN5/c1-4-5-11-18-14-19-13(17)20-15(21-14)22-16(2,3)12-9-7-6-8-10-12/h6-10H,4-5,11H2,1-3H3,(H2,18,19,20,21,22). The summed E-state index contributed by atoms with van der Waals surface area (Å²) in [6, 6.07) is 10.1. The van der Waals surface area contributed by atoms with E-state index in [-0.39, 0.29) is 10.8 Å². The highest BCUT2D eigenvalue weighted by Crippen LogP contribution is 2.24. The fourth-order valence-corrected chi connectivity index (χ4v) is 2.23. The van der Waals surface area contributed by atoms with Crippen LogP contribution in [0.25, 0.3) is 0 Å². The van der Waals surface area contributed by atoms with E-state index in [0.717, 1.165) is 24.9 Å². The summed E-state index contributed by atoms with van der Waals surface area (Å²) in [5, 5.41) is 6.67. The lowest BCUT2D eigenvalue weighted by Gasteiger charge is -2.27. The summed E-state index contributed by atoms with van der Waals surface area (Å²) in [5.41, 5.74) is 0.833. The highest BCUT2D eigenvalue weighted by atomic mass is 35.5. The van der Waals surface area contributed by atoms with Gasteiger partial charge in [-0.15, -0.1) is 0 Å². The van der Waals surface area contributed by atoms with Crippen LogP contribution in [0.3, 0.4) is 0 Å². The van der Waals surface area contributed by atoms with E-state index < -0.39 is 0 Å². The minimum atomic E-state index is -0.313. The Morgan fingerprint density at radius 1 is 1.05 bits per heavy atom. The predicted octanol–water partition coefficient (Wildman–Crippen LogP) is 4.08. The Morgan fingerprint density at radius 3 is 2.41 bits per heavy atom. The fourth-order valence-electron chi connectivity index (χ4n) is 2.07. The summed E-state index contributed by atoms with van der Waals surface area (Å²) in [7, 11) is 0. The fraction of sp³-hybridized carbons (Fsp3) is 0.438. The van der Waals surface area contributed by atoms with Crippen LogP contribution in [-0.4, -0.2) is 21.5 Å². The van der Waals surface area contributed by atoms with Gasteiger partial charge in [0, 0.05) is 6.54 Å². The number of unbranched alkanes of at least 4 members (excludes halogenated alkanes) is 1. The first kappa shape index (κ1) is 16.5. The first-order chi connectivity index (χ1) is 10.5. The van der Waals surface area contributed by atoms with Gasteiger partial charge >= 0.3 is 0 Å². The molecule has 2 N–H and O–H groups in total. The van der Waals surface area contributed by atoms with Crippen molar-refractivity contribution in [1.29, 1.82) is 0 Å². The maximum atomic E-state index is 6.00. The molecule has 1 heterocycles. The van der Waals surface area contributed by atoms with Gasteiger partial charge in [0.25, 0.3) is 0 Å². The molecule has 2 aromatic rings. The number of aromatic nitrogens is 3. The number of anilines is 2. The zero-order chi connectivity index (χ0) is 16.0. The molecule has 0 saturated heterocycles. The molecule has 0 bridgehead atoms. The van der Waals surface area contributed by atoms with Crippen LogP contribution < -0.4 is 10.6 Å². The monoisotopic (exact) mass is 319 g/mol. The van der Waals surface area contributed by atoms with Crippen molar-refractivity contribution in [2.24, 2.45) is 0 Å². The Kier molecular flexibility index (Phi) is 5.55. The number of hydrogen-bond acceptors (Lipinski definition) is 5. The SMILES string of the molecule is CCCCNc1nc(Cl)nc(NC(C)(C)c2ccccc2)n1. The van der Waals surface area contributed by atoms with Crippen molar-refractivity contribution in [2.75, 3.05) is 17.2 Å². The second kappa shape index (κ2) is 7.40. The van der Waals surface area contributed by atoms with Crippen LogP contribution in [0.2, 0.25) is 5.28 Å². The lowest BCUT2D eigenvalue weighted by molar-refractivity contribution is 0.601. The average molecular weight is 320 g/mol. The van der Waals surface area contributed by atoms with Crippen molar-refractivity contribution in [3.8, 4) is 0 Å². The molecule has 118 valence electrons. The minimum Gasteiger partial charge on any atom is -0.354 e. The average Bonchev–Trinajstić information content (AvgIpc) is 2.47. The zero-order valence-electron chi connectivity index (χ0n) is 13.2. The maximum Gasteiger partial charge on any atom is 0.229 e. The first-order valence-corrected chi connectivity index (χ1v) is 7.88. The Balaban J connectivity index is 2.15. The molecule has 0 saturated carbocycles. The van der Waals surface area contributed by atoms with Gasteiger partial charge in [0.15, 0.2) is 0 Å². The normalized spacial score (nSPS) is 11.3. The molecule has 22 heavy (non-hydrogen) atoms. The number of nitrogens with one attached hydrogen (secondary N) is 2. The predicted molar refractivity (Wildman–Crippen MR) is 91.3 cm³/mol. The molecular weight excluding hydrogens is 298 g/mol. The van der Waals surface area contributed by atoms with Crippen LogP contribution in [-0.2, 0) is 5.54 Å². The Labute approximate surface area is 136 Å². The smallest absolute Gasteiger partial charge is 0.229 e. The van der Waals surface area contributed by atoms with Crippen molar-refractivity contribution in [3.05, 3.63) is 41.2 Å². The third-order valence-corrected chi connectivity index (χ3v) is 3.51. The summed E-state index contributed by atoms with van der Waals surface area (Å²) < 4.78 is 0. The van der Waals surface area contributed by atoms with Gasteiger partial charge < -0.3 is 10.6 Å². The van der Waals surface area contributed by atoms with Crippen LogP contribution in [0, 0.1) is 0 Å². The molecule has 0 amide bonds. The number of halogens is 1. The highest BCUT2D eigenvalue weighted by molar-refractivity contribution is 6.28. The van der Waals surface area contributed by atoms with Crippen molar-refractivity contribution < 1.29 is 0 Å². The summed E-state index contributed by atoms with van der Waals surface area (Å²) >= 11 is 6.00. The first-order valence-electron chi connectivity index (χ1n) is 7.50. The van der Waals surface area contributed by atoms with Crippen molar-refractivity contribution >= 4 is 23.5 Å². The molecule has 6 heteroatoms. The van der Waals surface area contributed by atoms with Crippen LogP contribution in [0.4, 0.5) is 11.9 Å². The third-order valence-electron chi connectivity index (χ3n) is 3.34. The van der Waals surface area contributed by atoms with Crippen molar-refractivity contribution in [2.45, 2.75) is 39.2 Å². The molecule has 0 atom stereocenters. The lowest BCUT2D eigenvalue weighted by Crippen LogP contribution is -2.29. The van der Waals surface area contributed by atoms with E-state index in [9.17, 15) is 0 Å². The van der Waals surface area contributed by atoms with Crippen LogP contribution in [0.15, 0.2) is 30.3 Å². The van der Waals surface area contributed by atoms with E-state index >= 15 is 0 Å².